The van der Waals surface area contributed by atoms with Gasteiger partial charge in [0.2, 0.25) is 5.91 Å². The summed E-state index contributed by atoms with van der Waals surface area (Å²) in [5.74, 6) is 0.0394. The Labute approximate surface area is 140 Å². The van der Waals surface area contributed by atoms with Gasteiger partial charge in [0, 0.05) is 23.9 Å². The summed E-state index contributed by atoms with van der Waals surface area (Å²) in [4.78, 5) is 34.0. The number of ether oxygens (including phenoxy) is 1. The summed E-state index contributed by atoms with van der Waals surface area (Å²) in [7, 11) is 1.32. The van der Waals surface area contributed by atoms with Crippen molar-refractivity contribution in [3.63, 3.8) is 0 Å². The van der Waals surface area contributed by atoms with Crippen LogP contribution >= 0.6 is 0 Å². The summed E-state index contributed by atoms with van der Waals surface area (Å²) >= 11 is 0. The molecular weight excluding hydrogens is 310 g/mol. The second-order valence-electron chi connectivity index (χ2n) is 5.92. The lowest BCUT2D eigenvalue weighted by molar-refractivity contribution is -0.148. The minimum Gasteiger partial charge on any atom is -0.468 e. The van der Waals surface area contributed by atoms with Crippen LogP contribution in [0.25, 0.3) is 5.78 Å². The molecule has 2 rings (SSSR count). The van der Waals surface area contributed by atoms with Gasteiger partial charge in [-0.3, -0.25) is 9.59 Å². The quantitative estimate of drug-likeness (QED) is 0.735. The molecule has 0 aliphatic rings. The molecule has 0 N–H and O–H groups in total. The minimum atomic E-state index is -0.421. The maximum absolute atomic E-state index is 12.5. The summed E-state index contributed by atoms with van der Waals surface area (Å²) in [5, 5.41) is 4.15. The smallest absolute Gasteiger partial charge is 0.325 e. The fraction of sp³-hybridized carbons (Fsp3) is 0.562. The SMILES string of the molecule is COC(=O)CN(C(=O)CCc1c(C)nc2ncnn2c1C)C(C)C. The molecule has 8 nitrogen and oxygen atoms in total. The lowest BCUT2D eigenvalue weighted by atomic mass is 10.1. The molecule has 2 heterocycles. The predicted octanol–water partition coefficient (Wildman–Crippen LogP) is 1.08. The molecule has 0 bridgehead atoms. The van der Waals surface area contributed by atoms with E-state index in [2.05, 4.69) is 19.8 Å². The van der Waals surface area contributed by atoms with Crippen LogP contribution in [-0.4, -0.2) is 56.1 Å². The van der Waals surface area contributed by atoms with E-state index >= 15 is 0 Å². The molecule has 24 heavy (non-hydrogen) atoms. The molecule has 0 radical (unpaired) electrons. The Morgan fingerprint density at radius 1 is 1.33 bits per heavy atom. The zero-order valence-corrected chi connectivity index (χ0v) is 14.7. The molecule has 0 aromatic carbocycles. The van der Waals surface area contributed by atoms with Crippen molar-refractivity contribution in [3.05, 3.63) is 23.3 Å². The second-order valence-corrected chi connectivity index (χ2v) is 5.92. The Morgan fingerprint density at radius 2 is 2.04 bits per heavy atom. The van der Waals surface area contributed by atoms with Crippen LogP contribution in [0.4, 0.5) is 0 Å². The van der Waals surface area contributed by atoms with Gasteiger partial charge in [-0.25, -0.2) is 9.50 Å². The zero-order chi connectivity index (χ0) is 17.9. The molecule has 0 atom stereocenters. The van der Waals surface area contributed by atoms with Crippen LogP contribution in [0.3, 0.4) is 0 Å². The topological polar surface area (TPSA) is 89.7 Å². The van der Waals surface area contributed by atoms with Gasteiger partial charge >= 0.3 is 5.97 Å². The highest BCUT2D eigenvalue weighted by atomic mass is 16.5. The van der Waals surface area contributed by atoms with E-state index in [-0.39, 0.29) is 18.5 Å². The van der Waals surface area contributed by atoms with E-state index in [0.717, 1.165) is 17.0 Å². The maximum atomic E-state index is 12.5. The first-order chi connectivity index (χ1) is 11.3. The minimum absolute atomic E-state index is 0.0364. The first-order valence-corrected chi connectivity index (χ1v) is 7.87. The van der Waals surface area contributed by atoms with Gasteiger partial charge in [0.05, 0.1) is 7.11 Å². The Kier molecular flexibility index (Phi) is 5.48. The molecule has 0 saturated carbocycles. The van der Waals surface area contributed by atoms with Crippen LogP contribution in [0.15, 0.2) is 6.33 Å². The van der Waals surface area contributed by atoms with Gasteiger partial charge in [0.1, 0.15) is 12.9 Å². The van der Waals surface area contributed by atoms with Crippen LogP contribution in [0, 0.1) is 13.8 Å². The molecule has 0 unspecified atom stereocenters. The van der Waals surface area contributed by atoms with Gasteiger partial charge in [-0.1, -0.05) is 0 Å². The van der Waals surface area contributed by atoms with Crippen molar-refractivity contribution < 1.29 is 14.3 Å². The van der Waals surface area contributed by atoms with Crippen molar-refractivity contribution in [1.29, 1.82) is 0 Å². The number of hydrogen-bond donors (Lipinski definition) is 0. The van der Waals surface area contributed by atoms with Crippen LogP contribution in [-0.2, 0) is 20.7 Å². The molecule has 0 spiro atoms. The molecule has 0 aliphatic carbocycles. The van der Waals surface area contributed by atoms with Gasteiger partial charge in [-0.05, 0) is 39.7 Å². The standard InChI is InChI=1S/C16H23N5O3/c1-10(2)20(8-15(23)24-5)14(22)7-6-13-11(3)19-16-17-9-18-21(16)12(13)4/h9-10H,6-8H2,1-5H3. The van der Waals surface area contributed by atoms with Gasteiger partial charge < -0.3 is 9.64 Å². The molecule has 1 amide bonds. The Bertz CT molecular complexity index is 753. The normalized spacial score (nSPS) is 11.1. The van der Waals surface area contributed by atoms with E-state index in [9.17, 15) is 9.59 Å². The Morgan fingerprint density at radius 3 is 2.67 bits per heavy atom. The average Bonchev–Trinajstić information content (AvgIpc) is 2.99. The number of nitrogens with zero attached hydrogens (tertiary/aromatic N) is 5. The third-order valence-electron chi connectivity index (χ3n) is 4.05. The first kappa shape index (κ1) is 17.8. The summed E-state index contributed by atoms with van der Waals surface area (Å²) < 4.78 is 6.33. The van der Waals surface area contributed by atoms with E-state index in [1.54, 1.807) is 4.52 Å². The molecule has 0 aliphatic heterocycles. The first-order valence-electron chi connectivity index (χ1n) is 7.87. The number of methoxy groups -OCH3 is 1. The van der Waals surface area contributed by atoms with Crippen LogP contribution in [0.1, 0.15) is 37.2 Å². The molecule has 0 fully saturated rings. The lowest BCUT2D eigenvalue weighted by Crippen LogP contribution is -2.41. The van der Waals surface area contributed by atoms with Crippen molar-refractivity contribution in [2.45, 2.75) is 46.6 Å². The highest BCUT2D eigenvalue weighted by molar-refractivity contribution is 5.82. The monoisotopic (exact) mass is 333 g/mol. The van der Waals surface area contributed by atoms with Crippen LogP contribution in [0.5, 0.6) is 0 Å². The highest BCUT2D eigenvalue weighted by Gasteiger charge is 2.21. The summed E-state index contributed by atoms with van der Waals surface area (Å²) in [6, 6.07) is -0.0743. The van der Waals surface area contributed by atoms with Gasteiger partial charge in [-0.2, -0.15) is 10.1 Å². The number of carbonyl (C=O) groups is 2. The molecule has 8 heteroatoms. The second kappa shape index (κ2) is 7.37. The van der Waals surface area contributed by atoms with E-state index in [1.165, 1.54) is 18.3 Å². The highest BCUT2D eigenvalue weighted by Crippen LogP contribution is 2.16. The number of esters is 1. The van der Waals surface area contributed by atoms with Crippen LogP contribution < -0.4 is 0 Å². The zero-order valence-electron chi connectivity index (χ0n) is 14.7. The Balaban J connectivity index is 2.14. The number of aromatic nitrogens is 4. The number of carbonyl (C=O) groups excluding carboxylic acids is 2. The van der Waals surface area contributed by atoms with Gasteiger partial charge in [0.25, 0.3) is 5.78 Å². The number of fused-ring (bicyclic) bond motifs is 1. The molecule has 0 saturated heterocycles. The van der Waals surface area contributed by atoms with Crippen LogP contribution in [0.2, 0.25) is 0 Å². The molecule has 2 aromatic heterocycles. The molecular formula is C16H23N5O3. The fourth-order valence-electron chi connectivity index (χ4n) is 2.66. The summed E-state index contributed by atoms with van der Waals surface area (Å²) in [6.07, 6.45) is 2.28. The molecule has 130 valence electrons. The van der Waals surface area contributed by atoms with E-state index in [1.807, 2.05) is 27.7 Å². The fourth-order valence-corrected chi connectivity index (χ4v) is 2.66. The van der Waals surface area contributed by atoms with Gasteiger partial charge in [0.15, 0.2) is 0 Å². The largest absolute Gasteiger partial charge is 0.468 e. The lowest BCUT2D eigenvalue weighted by Gasteiger charge is -2.25. The Hall–Kier alpha value is -2.51. The molecule has 2 aromatic rings. The van der Waals surface area contributed by atoms with Crippen molar-refractivity contribution in [2.75, 3.05) is 13.7 Å². The van der Waals surface area contributed by atoms with Gasteiger partial charge in [-0.15, -0.1) is 0 Å². The number of rotatable bonds is 6. The van der Waals surface area contributed by atoms with Crippen molar-refractivity contribution in [3.8, 4) is 0 Å². The van der Waals surface area contributed by atoms with E-state index < -0.39 is 5.97 Å². The number of aryl methyl sites for hydroxylation is 2. The third-order valence-corrected chi connectivity index (χ3v) is 4.05. The van der Waals surface area contributed by atoms with Crippen molar-refractivity contribution >= 4 is 17.7 Å². The van der Waals surface area contributed by atoms with E-state index in [4.69, 9.17) is 0 Å². The summed E-state index contributed by atoms with van der Waals surface area (Å²) in [6.45, 7) is 7.55. The predicted molar refractivity (Wildman–Crippen MR) is 87.4 cm³/mol. The average molecular weight is 333 g/mol. The van der Waals surface area contributed by atoms with Crippen molar-refractivity contribution in [2.24, 2.45) is 0 Å². The third kappa shape index (κ3) is 3.69. The number of hydrogen-bond acceptors (Lipinski definition) is 6. The number of amides is 1. The maximum Gasteiger partial charge on any atom is 0.325 e. The van der Waals surface area contributed by atoms with Crippen molar-refractivity contribution in [1.82, 2.24) is 24.5 Å². The summed E-state index contributed by atoms with van der Waals surface area (Å²) in [5.41, 5.74) is 2.74. The van der Waals surface area contributed by atoms with E-state index in [0.29, 0.717) is 18.6 Å².